The maximum atomic E-state index is 12.7. The minimum Gasteiger partial charge on any atom is -0.343 e. The van der Waals surface area contributed by atoms with Gasteiger partial charge in [-0.3, -0.25) is 25.2 Å². The molecule has 26 heavy (non-hydrogen) atoms. The molecule has 2 aromatic rings. The highest BCUT2D eigenvalue weighted by Crippen LogP contribution is 2.24. The zero-order chi connectivity index (χ0) is 19.2. The Morgan fingerprint density at radius 2 is 1.19 bits per heavy atom. The maximum absolute atomic E-state index is 12.7. The lowest BCUT2D eigenvalue weighted by molar-refractivity contribution is -0.141. The van der Waals surface area contributed by atoms with E-state index in [0.29, 0.717) is 0 Å². The Balaban J connectivity index is 2.11. The summed E-state index contributed by atoms with van der Waals surface area (Å²) in [4.78, 5) is 36.4. The topological polar surface area (TPSA) is 87.3 Å². The maximum Gasteiger partial charge on any atom is 0.327 e. The first-order valence-corrected chi connectivity index (χ1v) is 8.30. The molecular weight excluding hydrogens is 330 g/mol. The number of carbonyl (C=O) groups is 3. The van der Waals surface area contributed by atoms with Gasteiger partial charge in [-0.05, 0) is 31.9 Å². The van der Waals surface area contributed by atoms with E-state index < -0.39 is 29.2 Å². The van der Waals surface area contributed by atoms with E-state index in [-0.39, 0.29) is 0 Å². The fraction of sp³-hybridized carbons (Fsp3) is 0.250. The molecule has 6 heteroatoms. The smallest absolute Gasteiger partial charge is 0.327 e. The quantitative estimate of drug-likeness (QED) is 0.582. The molecule has 0 heterocycles. The molecule has 0 aliphatic rings. The first-order valence-electron chi connectivity index (χ1n) is 8.30. The summed E-state index contributed by atoms with van der Waals surface area (Å²) in [6.07, 6.45) is 0. The van der Waals surface area contributed by atoms with Crippen LogP contribution in [0.5, 0.6) is 0 Å². The van der Waals surface area contributed by atoms with Crippen molar-refractivity contribution in [3.63, 3.8) is 0 Å². The molecule has 3 amide bonds. The highest BCUT2D eigenvalue weighted by atomic mass is 16.2. The molecule has 3 N–H and O–H groups in total. The monoisotopic (exact) mass is 353 g/mol. The number of nitrogens with one attached hydrogen (secondary N) is 3. The van der Waals surface area contributed by atoms with Crippen molar-refractivity contribution >= 4 is 17.7 Å². The van der Waals surface area contributed by atoms with Gasteiger partial charge in [0.15, 0.2) is 0 Å². The van der Waals surface area contributed by atoms with Gasteiger partial charge in [0.05, 0.1) is 5.92 Å². The Labute approximate surface area is 153 Å². The predicted octanol–water partition coefficient (Wildman–Crippen LogP) is 1.88. The van der Waals surface area contributed by atoms with Gasteiger partial charge in [0.25, 0.3) is 0 Å². The molecule has 0 bridgehead atoms. The van der Waals surface area contributed by atoms with Crippen LogP contribution in [-0.2, 0) is 14.4 Å². The number of amides is 3. The van der Waals surface area contributed by atoms with Crippen LogP contribution >= 0.6 is 0 Å². The molecule has 0 radical (unpaired) electrons. The predicted molar refractivity (Wildman–Crippen MR) is 98.9 cm³/mol. The second kappa shape index (κ2) is 8.29. The van der Waals surface area contributed by atoms with Crippen LogP contribution in [0.2, 0.25) is 0 Å². The molecule has 0 unspecified atom stereocenters. The molecule has 2 aromatic carbocycles. The van der Waals surface area contributed by atoms with Crippen LogP contribution in [-0.4, -0.2) is 23.3 Å². The molecule has 0 atom stereocenters. The lowest BCUT2D eigenvalue weighted by atomic mass is 9.91. The third kappa shape index (κ3) is 5.44. The first-order chi connectivity index (χ1) is 12.3. The van der Waals surface area contributed by atoms with Gasteiger partial charge < -0.3 is 5.32 Å². The van der Waals surface area contributed by atoms with Crippen LogP contribution in [0.4, 0.5) is 0 Å². The summed E-state index contributed by atoms with van der Waals surface area (Å²) in [5, 5.41) is 2.53. The van der Waals surface area contributed by atoms with Gasteiger partial charge in [-0.25, -0.2) is 0 Å². The van der Waals surface area contributed by atoms with E-state index in [4.69, 9.17) is 0 Å². The Bertz CT molecular complexity index is 728. The number of carbonyl (C=O) groups excluding carboxylic acids is 3. The fourth-order valence-electron chi connectivity index (χ4n) is 2.43. The van der Waals surface area contributed by atoms with E-state index in [1.54, 1.807) is 20.8 Å². The summed E-state index contributed by atoms with van der Waals surface area (Å²) < 4.78 is 0. The van der Waals surface area contributed by atoms with Gasteiger partial charge >= 0.3 is 11.8 Å². The standard InChI is InChI=1S/C20H23N3O3/c1-20(2,3)21-18(25)19(26)23-22-17(24)16(14-10-6-4-7-11-14)15-12-8-5-9-13-15/h4-13,16H,1-3H3,(H,21,25)(H,22,24)(H,23,26). The Kier molecular flexibility index (Phi) is 6.11. The molecule has 136 valence electrons. The zero-order valence-corrected chi connectivity index (χ0v) is 15.1. The average molecular weight is 353 g/mol. The summed E-state index contributed by atoms with van der Waals surface area (Å²) in [6.45, 7) is 5.28. The van der Waals surface area contributed by atoms with Crippen molar-refractivity contribution < 1.29 is 14.4 Å². The van der Waals surface area contributed by atoms with Gasteiger partial charge in [0, 0.05) is 5.54 Å². The summed E-state index contributed by atoms with van der Waals surface area (Å²) in [7, 11) is 0. The van der Waals surface area contributed by atoms with Crippen LogP contribution in [0.15, 0.2) is 60.7 Å². The van der Waals surface area contributed by atoms with Crippen LogP contribution in [0.3, 0.4) is 0 Å². The Morgan fingerprint density at radius 1 is 0.731 bits per heavy atom. The van der Waals surface area contributed by atoms with Crippen molar-refractivity contribution in [2.24, 2.45) is 0 Å². The van der Waals surface area contributed by atoms with E-state index >= 15 is 0 Å². The first kappa shape index (κ1) is 19.2. The number of rotatable bonds is 3. The van der Waals surface area contributed by atoms with Crippen molar-refractivity contribution in [3.05, 3.63) is 71.8 Å². The number of hydrogen-bond acceptors (Lipinski definition) is 3. The Hall–Kier alpha value is -3.15. The second-order valence-electron chi connectivity index (χ2n) is 6.90. The molecule has 0 aliphatic heterocycles. The molecule has 0 saturated heterocycles. The molecule has 0 aliphatic carbocycles. The van der Waals surface area contributed by atoms with Crippen molar-refractivity contribution in [1.82, 2.24) is 16.2 Å². The number of hydrogen-bond donors (Lipinski definition) is 3. The Morgan fingerprint density at radius 3 is 1.62 bits per heavy atom. The summed E-state index contributed by atoms with van der Waals surface area (Å²) >= 11 is 0. The SMILES string of the molecule is CC(C)(C)NC(=O)C(=O)NNC(=O)C(c1ccccc1)c1ccccc1. The van der Waals surface area contributed by atoms with Crippen molar-refractivity contribution in [1.29, 1.82) is 0 Å². The van der Waals surface area contributed by atoms with Crippen molar-refractivity contribution in [3.8, 4) is 0 Å². The van der Waals surface area contributed by atoms with E-state index in [1.807, 2.05) is 60.7 Å². The van der Waals surface area contributed by atoms with Crippen molar-refractivity contribution in [2.75, 3.05) is 0 Å². The van der Waals surface area contributed by atoms with Gasteiger partial charge in [0.1, 0.15) is 0 Å². The molecule has 0 spiro atoms. The van der Waals surface area contributed by atoms with Gasteiger partial charge in [-0.2, -0.15) is 0 Å². The van der Waals surface area contributed by atoms with E-state index in [2.05, 4.69) is 16.2 Å². The van der Waals surface area contributed by atoms with Gasteiger partial charge in [0.2, 0.25) is 5.91 Å². The molecule has 0 saturated carbocycles. The van der Waals surface area contributed by atoms with Crippen LogP contribution in [0.1, 0.15) is 37.8 Å². The largest absolute Gasteiger partial charge is 0.343 e. The normalized spacial score (nSPS) is 10.9. The molecule has 6 nitrogen and oxygen atoms in total. The van der Waals surface area contributed by atoms with Crippen LogP contribution in [0.25, 0.3) is 0 Å². The third-order valence-electron chi connectivity index (χ3n) is 3.52. The summed E-state index contributed by atoms with van der Waals surface area (Å²) in [5.41, 5.74) is 5.54. The van der Waals surface area contributed by atoms with Crippen LogP contribution in [0, 0.1) is 0 Å². The summed E-state index contributed by atoms with van der Waals surface area (Å²) in [5.74, 6) is -2.77. The van der Waals surface area contributed by atoms with E-state index in [1.165, 1.54) is 0 Å². The lowest BCUT2D eigenvalue weighted by Crippen LogP contribution is -2.53. The number of benzene rings is 2. The van der Waals surface area contributed by atoms with E-state index in [9.17, 15) is 14.4 Å². The third-order valence-corrected chi connectivity index (χ3v) is 3.52. The summed E-state index contributed by atoms with van der Waals surface area (Å²) in [6, 6.07) is 18.4. The fourth-order valence-corrected chi connectivity index (χ4v) is 2.43. The number of hydrazine groups is 1. The molecular formula is C20H23N3O3. The van der Waals surface area contributed by atoms with Gasteiger partial charge in [-0.15, -0.1) is 0 Å². The molecule has 0 aromatic heterocycles. The van der Waals surface area contributed by atoms with Crippen LogP contribution < -0.4 is 16.2 Å². The molecule has 2 rings (SSSR count). The van der Waals surface area contributed by atoms with Crippen molar-refractivity contribution in [2.45, 2.75) is 32.2 Å². The zero-order valence-electron chi connectivity index (χ0n) is 15.1. The molecule has 0 fully saturated rings. The highest BCUT2D eigenvalue weighted by Gasteiger charge is 2.25. The highest BCUT2D eigenvalue weighted by molar-refractivity contribution is 6.35. The lowest BCUT2D eigenvalue weighted by Gasteiger charge is -2.21. The average Bonchev–Trinajstić information content (AvgIpc) is 2.60. The van der Waals surface area contributed by atoms with E-state index in [0.717, 1.165) is 11.1 Å². The second-order valence-corrected chi connectivity index (χ2v) is 6.90. The minimum atomic E-state index is -0.923. The van der Waals surface area contributed by atoms with Gasteiger partial charge in [-0.1, -0.05) is 60.7 Å². The minimum absolute atomic E-state index is 0.431.